The van der Waals surface area contributed by atoms with Crippen LogP contribution in [0.25, 0.3) is 0 Å². The molecule has 0 saturated heterocycles. The van der Waals surface area contributed by atoms with E-state index in [0.29, 0.717) is 5.69 Å². The van der Waals surface area contributed by atoms with Crippen LogP contribution in [0, 0.1) is 15.9 Å². The SMILES string of the molecule is CN(C)c1ccc([N+](=O)[O-])c(OCC(O)c2ccccc2F)c1. The number of aliphatic hydroxyl groups excluding tert-OH is 1. The van der Waals surface area contributed by atoms with Crippen LogP contribution in [0.5, 0.6) is 5.75 Å². The fourth-order valence-electron chi connectivity index (χ4n) is 2.05. The topological polar surface area (TPSA) is 75.8 Å². The van der Waals surface area contributed by atoms with Gasteiger partial charge in [0.2, 0.25) is 0 Å². The van der Waals surface area contributed by atoms with Crippen molar-refractivity contribution in [1.29, 1.82) is 0 Å². The monoisotopic (exact) mass is 320 g/mol. The number of anilines is 1. The molecule has 23 heavy (non-hydrogen) atoms. The Hall–Kier alpha value is -2.67. The molecule has 0 heterocycles. The van der Waals surface area contributed by atoms with Gasteiger partial charge in [-0.25, -0.2) is 4.39 Å². The molecule has 0 radical (unpaired) electrons. The standard InChI is InChI=1S/C16H17FN2O4/c1-18(2)11-7-8-14(19(21)22)16(9-11)23-10-15(20)12-5-3-4-6-13(12)17/h3-9,15,20H,10H2,1-2H3. The first-order chi connectivity index (χ1) is 10.9. The summed E-state index contributed by atoms with van der Waals surface area (Å²) >= 11 is 0. The van der Waals surface area contributed by atoms with Gasteiger partial charge in [0.25, 0.3) is 0 Å². The molecule has 0 spiro atoms. The van der Waals surface area contributed by atoms with E-state index in [9.17, 15) is 19.6 Å². The molecule has 1 N–H and O–H groups in total. The molecule has 1 atom stereocenters. The Morgan fingerprint density at radius 2 is 2.00 bits per heavy atom. The molecule has 7 heteroatoms. The van der Waals surface area contributed by atoms with Gasteiger partial charge in [-0.1, -0.05) is 18.2 Å². The van der Waals surface area contributed by atoms with Crippen molar-refractivity contribution in [3.63, 3.8) is 0 Å². The van der Waals surface area contributed by atoms with E-state index in [1.54, 1.807) is 31.1 Å². The Morgan fingerprint density at radius 1 is 1.30 bits per heavy atom. The fourth-order valence-corrected chi connectivity index (χ4v) is 2.05. The molecule has 2 aromatic carbocycles. The van der Waals surface area contributed by atoms with Crippen molar-refractivity contribution >= 4 is 11.4 Å². The molecule has 6 nitrogen and oxygen atoms in total. The lowest BCUT2D eigenvalue weighted by Gasteiger charge is -2.16. The van der Waals surface area contributed by atoms with E-state index in [-0.39, 0.29) is 23.6 Å². The van der Waals surface area contributed by atoms with Crippen LogP contribution >= 0.6 is 0 Å². The summed E-state index contributed by atoms with van der Waals surface area (Å²) in [5.41, 5.74) is 0.584. The van der Waals surface area contributed by atoms with Gasteiger partial charge in [-0.15, -0.1) is 0 Å². The lowest BCUT2D eigenvalue weighted by Crippen LogP contribution is -2.13. The Bertz CT molecular complexity index is 706. The number of halogens is 1. The van der Waals surface area contributed by atoms with Gasteiger partial charge in [-0.3, -0.25) is 10.1 Å². The van der Waals surface area contributed by atoms with E-state index in [0.717, 1.165) is 0 Å². The van der Waals surface area contributed by atoms with Crippen molar-refractivity contribution < 1.29 is 19.2 Å². The summed E-state index contributed by atoms with van der Waals surface area (Å²) in [6, 6.07) is 10.2. The minimum atomic E-state index is -1.22. The van der Waals surface area contributed by atoms with Gasteiger partial charge in [0, 0.05) is 37.5 Å². The van der Waals surface area contributed by atoms with Crippen molar-refractivity contribution in [2.45, 2.75) is 6.10 Å². The summed E-state index contributed by atoms with van der Waals surface area (Å²) in [7, 11) is 3.58. The molecule has 1 unspecified atom stereocenters. The number of rotatable bonds is 6. The van der Waals surface area contributed by atoms with E-state index >= 15 is 0 Å². The fraction of sp³-hybridized carbons (Fsp3) is 0.250. The average molecular weight is 320 g/mol. The average Bonchev–Trinajstić information content (AvgIpc) is 2.52. The second-order valence-corrected chi connectivity index (χ2v) is 5.15. The number of hydrogen-bond acceptors (Lipinski definition) is 5. The Morgan fingerprint density at radius 3 is 2.61 bits per heavy atom. The van der Waals surface area contributed by atoms with E-state index in [1.165, 1.54) is 30.3 Å². The summed E-state index contributed by atoms with van der Waals surface area (Å²) in [5.74, 6) is -0.531. The van der Waals surface area contributed by atoms with Crippen LogP contribution in [0.1, 0.15) is 11.7 Å². The molecule has 0 aromatic heterocycles. The van der Waals surface area contributed by atoms with Gasteiger partial charge in [-0.2, -0.15) is 0 Å². The summed E-state index contributed by atoms with van der Waals surface area (Å²) in [4.78, 5) is 12.3. The van der Waals surface area contributed by atoms with Gasteiger partial charge in [-0.05, 0) is 12.1 Å². The zero-order valence-corrected chi connectivity index (χ0v) is 12.8. The third kappa shape index (κ3) is 3.95. The van der Waals surface area contributed by atoms with Gasteiger partial charge in [0.15, 0.2) is 5.75 Å². The number of nitrogens with zero attached hydrogens (tertiary/aromatic N) is 2. The van der Waals surface area contributed by atoms with Gasteiger partial charge < -0.3 is 14.7 Å². The zero-order valence-electron chi connectivity index (χ0n) is 12.8. The number of nitro benzene ring substituents is 1. The maximum absolute atomic E-state index is 13.6. The summed E-state index contributed by atoms with van der Waals surface area (Å²) in [6.45, 7) is -0.293. The third-order valence-electron chi connectivity index (χ3n) is 3.32. The number of hydrogen-bond donors (Lipinski definition) is 1. The summed E-state index contributed by atoms with van der Waals surface area (Å²) in [5, 5.41) is 21.1. The number of aliphatic hydroxyl groups is 1. The molecule has 0 amide bonds. The van der Waals surface area contributed by atoms with Crippen molar-refractivity contribution in [3.05, 3.63) is 64.0 Å². The first-order valence-corrected chi connectivity index (χ1v) is 6.91. The molecule has 0 aliphatic heterocycles. The molecule has 0 aliphatic rings. The van der Waals surface area contributed by atoms with Crippen LogP contribution in [-0.4, -0.2) is 30.7 Å². The van der Waals surface area contributed by atoms with Gasteiger partial charge in [0.05, 0.1) is 4.92 Å². The van der Waals surface area contributed by atoms with Crippen LogP contribution in [0.2, 0.25) is 0 Å². The lowest BCUT2D eigenvalue weighted by atomic mass is 10.1. The van der Waals surface area contributed by atoms with Crippen LogP contribution in [0.4, 0.5) is 15.8 Å². The Kier molecular flexibility index (Phi) is 5.13. The molecule has 0 bridgehead atoms. The Balaban J connectivity index is 2.20. The van der Waals surface area contributed by atoms with Crippen LogP contribution in [0.3, 0.4) is 0 Å². The largest absolute Gasteiger partial charge is 0.484 e. The number of benzene rings is 2. The highest BCUT2D eigenvalue weighted by Gasteiger charge is 2.19. The molecular weight excluding hydrogens is 303 g/mol. The van der Waals surface area contributed by atoms with E-state index in [2.05, 4.69) is 0 Å². The highest BCUT2D eigenvalue weighted by molar-refractivity contribution is 5.58. The number of ether oxygens (including phenoxy) is 1. The van der Waals surface area contributed by atoms with E-state index in [4.69, 9.17) is 4.74 Å². The van der Waals surface area contributed by atoms with Crippen molar-refractivity contribution in [1.82, 2.24) is 0 Å². The summed E-state index contributed by atoms with van der Waals surface area (Å²) in [6.07, 6.45) is -1.22. The molecule has 0 fully saturated rings. The first kappa shape index (κ1) is 16.7. The third-order valence-corrected chi connectivity index (χ3v) is 3.32. The predicted octanol–water partition coefficient (Wildman–Crippen LogP) is 2.91. The molecule has 2 rings (SSSR count). The minimum Gasteiger partial charge on any atom is -0.484 e. The first-order valence-electron chi connectivity index (χ1n) is 6.91. The zero-order chi connectivity index (χ0) is 17.0. The van der Waals surface area contributed by atoms with Crippen LogP contribution < -0.4 is 9.64 Å². The second-order valence-electron chi connectivity index (χ2n) is 5.15. The predicted molar refractivity (Wildman–Crippen MR) is 84.3 cm³/mol. The molecular formula is C16H17FN2O4. The molecule has 0 aliphatic carbocycles. The maximum atomic E-state index is 13.6. The highest BCUT2D eigenvalue weighted by atomic mass is 19.1. The van der Waals surface area contributed by atoms with E-state index < -0.39 is 16.8 Å². The van der Waals surface area contributed by atoms with Gasteiger partial charge in [0.1, 0.15) is 18.5 Å². The Labute approximate surface area is 132 Å². The lowest BCUT2D eigenvalue weighted by molar-refractivity contribution is -0.385. The van der Waals surface area contributed by atoms with Crippen molar-refractivity contribution in [3.8, 4) is 5.75 Å². The smallest absolute Gasteiger partial charge is 0.311 e. The quantitative estimate of drug-likeness (QED) is 0.654. The highest BCUT2D eigenvalue weighted by Crippen LogP contribution is 2.32. The van der Waals surface area contributed by atoms with Gasteiger partial charge >= 0.3 is 5.69 Å². The minimum absolute atomic E-state index is 0.0246. The van der Waals surface area contributed by atoms with Crippen molar-refractivity contribution in [2.75, 3.05) is 25.6 Å². The second kappa shape index (κ2) is 7.06. The van der Waals surface area contributed by atoms with E-state index in [1.807, 2.05) is 0 Å². The van der Waals surface area contributed by atoms with Crippen molar-refractivity contribution in [2.24, 2.45) is 0 Å². The van der Waals surface area contributed by atoms with Crippen LogP contribution in [-0.2, 0) is 0 Å². The maximum Gasteiger partial charge on any atom is 0.311 e. The number of nitro groups is 1. The normalized spacial score (nSPS) is 11.8. The molecule has 122 valence electrons. The molecule has 2 aromatic rings. The molecule has 0 saturated carbocycles. The van der Waals surface area contributed by atoms with Crippen LogP contribution in [0.15, 0.2) is 42.5 Å². The summed E-state index contributed by atoms with van der Waals surface area (Å²) < 4.78 is 19.0.